The number of amides is 1. The Labute approximate surface area is 176 Å². The molecule has 1 amide bonds. The van der Waals surface area contributed by atoms with E-state index in [9.17, 15) is 4.79 Å². The van der Waals surface area contributed by atoms with Gasteiger partial charge in [-0.25, -0.2) is 0 Å². The van der Waals surface area contributed by atoms with Crippen molar-refractivity contribution in [1.82, 2.24) is 14.8 Å². The minimum Gasteiger partial charge on any atom is -0.469 e. The SMILES string of the molecule is CCCn1c(SCC(=O)Nc2c(CC)cccc2CC)nnc1-c1ccoc1C. The van der Waals surface area contributed by atoms with Gasteiger partial charge >= 0.3 is 0 Å². The monoisotopic (exact) mass is 412 g/mol. The zero-order valence-corrected chi connectivity index (χ0v) is 18.3. The second kappa shape index (κ2) is 9.78. The van der Waals surface area contributed by atoms with Crippen LogP contribution in [0, 0.1) is 6.92 Å². The predicted octanol–water partition coefficient (Wildman–Crippen LogP) is 5.11. The maximum Gasteiger partial charge on any atom is 0.234 e. The zero-order chi connectivity index (χ0) is 20.8. The number of furan rings is 1. The van der Waals surface area contributed by atoms with Gasteiger partial charge in [0.05, 0.1) is 17.6 Å². The Bertz CT molecular complexity index is 955. The fourth-order valence-corrected chi connectivity index (χ4v) is 4.11. The van der Waals surface area contributed by atoms with Crippen molar-refractivity contribution < 1.29 is 9.21 Å². The zero-order valence-electron chi connectivity index (χ0n) is 17.5. The fraction of sp³-hybridized carbons (Fsp3) is 0.409. The Morgan fingerprint density at radius 3 is 2.45 bits per heavy atom. The summed E-state index contributed by atoms with van der Waals surface area (Å²) in [5, 5.41) is 12.5. The van der Waals surface area contributed by atoms with E-state index in [1.54, 1.807) is 6.26 Å². The molecule has 0 aliphatic heterocycles. The first-order chi connectivity index (χ1) is 14.1. The summed E-state index contributed by atoms with van der Waals surface area (Å²) in [6.07, 6.45) is 4.38. The summed E-state index contributed by atoms with van der Waals surface area (Å²) >= 11 is 1.41. The molecule has 0 atom stereocenters. The second-order valence-corrected chi connectivity index (χ2v) is 7.79. The van der Waals surface area contributed by atoms with Crippen molar-refractivity contribution in [3.63, 3.8) is 0 Å². The summed E-state index contributed by atoms with van der Waals surface area (Å²) in [5.41, 5.74) is 4.21. The predicted molar refractivity (Wildman–Crippen MR) is 117 cm³/mol. The van der Waals surface area contributed by atoms with E-state index in [0.717, 1.165) is 64.9 Å². The van der Waals surface area contributed by atoms with E-state index in [1.807, 2.05) is 13.0 Å². The van der Waals surface area contributed by atoms with E-state index < -0.39 is 0 Å². The van der Waals surface area contributed by atoms with Gasteiger partial charge in [-0.05, 0) is 43.4 Å². The molecule has 0 fully saturated rings. The van der Waals surface area contributed by atoms with Crippen LogP contribution in [0.1, 0.15) is 44.1 Å². The molecule has 6 nitrogen and oxygen atoms in total. The van der Waals surface area contributed by atoms with Crippen molar-refractivity contribution in [2.75, 3.05) is 11.1 Å². The topological polar surface area (TPSA) is 73.0 Å². The molecule has 0 spiro atoms. The highest BCUT2D eigenvalue weighted by Crippen LogP contribution is 2.28. The number of nitrogens with one attached hydrogen (secondary N) is 1. The van der Waals surface area contributed by atoms with Crippen molar-refractivity contribution >= 4 is 23.4 Å². The number of hydrogen-bond donors (Lipinski definition) is 1. The lowest BCUT2D eigenvalue weighted by molar-refractivity contribution is -0.113. The van der Waals surface area contributed by atoms with Gasteiger partial charge in [0.2, 0.25) is 5.91 Å². The Hall–Kier alpha value is -2.54. The normalized spacial score (nSPS) is 11.0. The van der Waals surface area contributed by atoms with E-state index in [1.165, 1.54) is 11.8 Å². The van der Waals surface area contributed by atoms with Gasteiger partial charge in [0.25, 0.3) is 0 Å². The lowest BCUT2D eigenvalue weighted by Crippen LogP contribution is -2.17. The summed E-state index contributed by atoms with van der Waals surface area (Å²) in [7, 11) is 0. The molecule has 0 unspecified atom stereocenters. The van der Waals surface area contributed by atoms with Gasteiger partial charge < -0.3 is 14.3 Å². The third-order valence-corrected chi connectivity index (χ3v) is 5.83. The molecular weight excluding hydrogens is 384 g/mol. The first-order valence-corrected chi connectivity index (χ1v) is 11.1. The Morgan fingerprint density at radius 2 is 1.86 bits per heavy atom. The molecule has 0 radical (unpaired) electrons. The fourth-order valence-electron chi connectivity index (χ4n) is 3.35. The van der Waals surface area contributed by atoms with Crippen molar-refractivity contribution in [3.8, 4) is 11.4 Å². The van der Waals surface area contributed by atoms with Crippen LogP contribution in [0.25, 0.3) is 11.4 Å². The number of anilines is 1. The number of carbonyl (C=O) groups excluding carboxylic acids is 1. The van der Waals surface area contributed by atoms with Crippen molar-refractivity contribution in [1.29, 1.82) is 0 Å². The molecule has 29 heavy (non-hydrogen) atoms. The number of aromatic nitrogens is 3. The molecule has 2 aromatic heterocycles. The van der Waals surface area contributed by atoms with Crippen molar-refractivity contribution in [2.45, 2.75) is 58.7 Å². The van der Waals surface area contributed by atoms with Gasteiger partial charge in [-0.2, -0.15) is 0 Å². The Morgan fingerprint density at radius 1 is 1.14 bits per heavy atom. The molecule has 1 aromatic carbocycles. The van der Waals surface area contributed by atoms with Crippen LogP contribution in [0.3, 0.4) is 0 Å². The molecule has 0 bridgehead atoms. The van der Waals surface area contributed by atoms with E-state index in [2.05, 4.69) is 59.1 Å². The van der Waals surface area contributed by atoms with E-state index in [0.29, 0.717) is 0 Å². The van der Waals surface area contributed by atoms with Gasteiger partial charge in [-0.1, -0.05) is 50.7 Å². The van der Waals surface area contributed by atoms with Crippen LogP contribution in [-0.2, 0) is 24.2 Å². The van der Waals surface area contributed by atoms with Gasteiger partial charge in [-0.3, -0.25) is 4.79 Å². The summed E-state index contributed by atoms with van der Waals surface area (Å²) in [5.74, 6) is 1.85. The molecular formula is C22H28N4O2S. The average Bonchev–Trinajstić information content (AvgIpc) is 3.32. The molecule has 0 saturated carbocycles. The van der Waals surface area contributed by atoms with Crippen LogP contribution in [0.2, 0.25) is 0 Å². The lowest BCUT2D eigenvalue weighted by Gasteiger charge is -2.14. The first kappa shape index (κ1) is 21.2. The number of para-hydroxylation sites is 1. The van der Waals surface area contributed by atoms with Crippen LogP contribution in [0.4, 0.5) is 5.69 Å². The molecule has 2 heterocycles. The lowest BCUT2D eigenvalue weighted by atomic mass is 10.0. The van der Waals surface area contributed by atoms with E-state index in [4.69, 9.17) is 4.42 Å². The van der Waals surface area contributed by atoms with Crippen LogP contribution in [0.15, 0.2) is 40.1 Å². The third kappa shape index (κ3) is 4.72. The maximum absolute atomic E-state index is 12.7. The van der Waals surface area contributed by atoms with Gasteiger partial charge in [0, 0.05) is 12.2 Å². The largest absolute Gasteiger partial charge is 0.469 e. The smallest absolute Gasteiger partial charge is 0.234 e. The molecule has 3 aromatic rings. The standard InChI is InChI=1S/C22H28N4O2S/c1-5-12-26-21(18-11-13-28-15(18)4)24-25-22(26)29-14-19(27)23-20-16(6-2)9-8-10-17(20)7-3/h8-11,13H,5-7,12,14H2,1-4H3,(H,23,27). The van der Waals surface area contributed by atoms with E-state index in [-0.39, 0.29) is 11.7 Å². The van der Waals surface area contributed by atoms with Crippen LogP contribution in [-0.4, -0.2) is 26.4 Å². The van der Waals surface area contributed by atoms with Gasteiger partial charge in [0.1, 0.15) is 5.76 Å². The molecule has 154 valence electrons. The maximum atomic E-state index is 12.7. The number of aryl methyl sites for hydroxylation is 3. The molecule has 0 aliphatic rings. The van der Waals surface area contributed by atoms with Crippen molar-refractivity contribution in [3.05, 3.63) is 47.4 Å². The number of hydrogen-bond acceptors (Lipinski definition) is 5. The number of carbonyl (C=O) groups is 1. The Balaban J connectivity index is 1.74. The van der Waals surface area contributed by atoms with E-state index >= 15 is 0 Å². The van der Waals surface area contributed by atoms with Gasteiger partial charge in [0.15, 0.2) is 11.0 Å². The third-order valence-electron chi connectivity index (χ3n) is 4.86. The van der Waals surface area contributed by atoms with Crippen LogP contribution >= 0.6 is 11.8 Å². The average molecular weight is 413 g/mol. The number of rotatable bonds is 9. The highest BCUT2D eigenvalue weighted by Gasteiger charge is 2.18. The first-order valence-electron chi connectivity index (χ1n) is 10.1. The summed E-state index contributed by atoms with van der Waals surface area (Å²) in [6, 6.07) is 8.09. The quantitative estimate of drug-likeness (QED) is 0.494. The second-order valence-electron chi connectivity index (χ2n) is 6.84. The summed E-state index contributed by atoms with van der Waals surface area (Å²) < 4.78 is 7.48. The highest BCUT2D eigenvalue weighted by molar-refractivity contribution is 7.99. The van der Waals surface area contributed by atoms with Crippen molar-refractivity contribution in [2.24, 2.45) is 0 Å². The van der Waals surface area contributed by atoms with Gasteiger partial charge in [-0.15, -0.1) is 10.2 Å². The minimum absolute atomic E-state index is 0.0299. The molecule has 0 saturated heterocycles. The number of thioether (sulfide) groups is 1. The van der Waals surface area contributed by atoms with Crippen LogP contribution < -0.4 is 5.32 Å². The summed E-state index contributed by atoms with van der Waals surface area (Å²) in [4.78, 5) is 12.7. The van der Waals surface area contributed by atoms with Crippen LogP contribution in [0.5, 0.6) is 0 Å². The Kier molecular flexibility index (Phi) is 7.14. The molecule has 7 heteroatoms. The number of benzene rings is 1. The highest BCUT2D eigenvalue weighted by atomic mass is 32.2. The molecule has 0 aliphatic carbocycles. The number of nitrogens with zero attached hydrogens (tertiary/aromatic N) is 3. The summed E-state index contributed by atoms with van der Waals surface area (Å²) in [6.45, 7) is 9.02. The minimum atomic E-state index is -0.0299. The molecule has 3 rings (SSSR count). The molecule has 1 N–H and O–H groups in total.